The van der Waals surface area contributed by atoms with Crippen molar-refractivity contribution >= 4 is 16.7 Å². The van der Waals surface area contributed by atoms with E-state index in [1.807, 2.05) is 31.2 Å². The Morgan fingerprint density at radius 1 is 1.26 bits per heavy atom. The Morgan fingerprint density at radius 3 is 2.68 bits per heavy atom. The van der Waals surface area contributed by atoms with E-state index in [1.165, 1.54) is 0 Å². The molecular weight excluding hydrogens is 244 g/mol. The van der Waals surface area contributed by atoms with Gasteiger partial charge in [-0.05, 0) is 18.4 Å². The Labute approximate surface area is 111 Å². The van der Waals surface area contributed by atoms with Crippen molar-refractivity contribution in [1.82, 2.24) is 0 Å². The first kappa shape index (κ1) is 13.4. The molecule has 0 amide bonds. The zero-order valence-corrected chi connectivity index (χ0v) is 10.9. The highest BCUT2D eigenvalue weighted by molar-refractivity contribution is 6.00. The van der Waals surface area contributed by atoms with Crippen LogP contribution in [-0.2, 0) is 4.74 Å². The molecule has 2 rings (SSSR count). The molecule has 0 saturated heterocycles. The zero-order chi connectivity index (χ0) is 13.8. The topological polar surface area (TPSA) is 55.8 Å². The molecule has 4 nitrogen and oxygen atoms in total. The quantitative estimate of drug-likeness (QED) is 0.898. The molecule has 0 aliphatic carbocycles. The van der Waals surface area contributed by atoms with Crippen LogP contribution in [0.15, 0.2) is 36.4 Å². The fourth-order valence-corrected chi connectivity index (χ4v) is 1.84. The molecule has 0 aromatic heterocycles. The lowest BCUT2D eigenvalue weighted by Gasteiger charge is -2.15. The van der Waals surface area contributed by atoms with Crippen LogP contribution in [-0.4, -0.2) is 30.9 Å². The first-order chi connectivity index (χ1) is 9.13. The van der Waals surface area contributed by atoms with Gasteiger partial charge in [0.15, 0.2) is 0 Å². The van der Waals surface area contributed by atoms with Crippen LogP contribution >= 0.6 is 0 Å². The predicted octanol–water partition coefficient (Wildman–Crippen LogP) is 2.95. The molecule has 0 heterocycles. The molecule has 2 aromatic rings. The van der Waals surface area contributed by atoms with Crippen LogP contribution in [0, 0.1) is 0 Å². The molecule has 19 heavy (non-hydrogen) atoms. The van der Waals surface area contributed by atoms with E-state index >= 15 is 0 Å². The van der Waals surface area contributed by atoms with Crippen LogP contribution in [0.1, 0.15) is 17.3 Å². The van der Waals surface area contributed by atoms with E-state index in [1.54, 1.807) is 19.2 Å². The van der Waals surface area contributed by atoms with Crippen molar-refractivity contribution in [3.8, 4) is 5.75 Å². The molecule has 0 aliphatic rings. The average molecular weight is 260 g/mol. The standard InChI is InChI=1S/C15H16O4/c1-10(18-2)9-19-14-12-6-4-3-5-11(12)7-8-13(14)15(16)17/h3-8,10H,9H2,1-2H3,(H,16,17). The van der Waals surface area contributed by atoms with Crippen LogP contribution in [0.5, 0.6) is 5.75 Å². The number of carboxylic acids is 1. The Hall–Kier alpha value is -2.07. The van der Waals surface area contributed by atoms with Gasteiger partial charge in [-0.25, -0.2) is 4.79 Å². The number of benzene rings is 2. The van der Waals surface area contributed by atoms with Gasteiger partial charge in [-0.1, -0.05) is 30.3 Å². The Balaban J connectivity index is 2.46. The summed E-state index contributed by atoms with van der Waals surface area (Å²) in [4.78, 5) is 11.3. The minimum Gasteiger partial charge on any atom is -0.489 e. The lowest BCUT2D eigenvalue weighted by Crippen LogP contribution is -2.17. The fraction of sp³-hybridized carbons (Fsp3) is 0.267. The van der Waals surface area contributed by atoms with Gasteiger partial charge in [-0.2, -0.15) is 0 Å². The second kappa shape index (κ2) is 5.71. The summed E-state index contributed by atoms with van der Waals surface area (Å²) >= 11 is 0. The fourth-order valence-electron chi connectivity index (χ4n) is 1.84. The molecule has 0 saturated carbocycles. The van der Waals surface area contributed by atoms with Crippen LogP contribution in [0.2, 0.25) is 0 Å². The number of fused-ring (bicyclic) bond motifs is 1. The Morgan fingerprint density at radius 2 is 2.00 bits per heavy atom. The number of hydrogen-bond acceptors (Lipinski definition) is 3. The van der Waals surface area contributed by atoms with Crippen molar-refractivity contribution in [1.29, 1.82) is 0 Å². The maximum atomic E-state index is 11.3. The average Bonchev–Trinajstić information content (AvgIpc) is 2.43. The first-order valence-electron chi connectivity index (χ1n) is 6.04. The van der Waals surface area contributed by atoms with E-state index in [0.717, 1.165) is 10.8 Å². The lowest BCUT2D eigenvalue weighted by atomic mass is 10.1. The molecule has 0 spiro atoms. The second-order valence-electron chi connectivity index (χ2n) is 4.33. The summed E-state index contributed by atoms with van der Waals surface area (Å²) in [6, 6.07) is 10.9. The maximum absolute atomic E-state index is 11.3. The SMILES string of the molecule is COC(C)COc1c(C(=O)O)ccc2ccccc12. The largest absolute Gasteiger partial charge is 0.489 e. The molecule has 1 atom stereocenters. The maximum Gasteiger partial charge on any atom is 0.339 e. The zero-order valence-electron chi connectivity index (χ0n) is 10.9. The molecule has 4 heteroatoms. The third-order valence-corrected chi connectivity index (χ3v) is 2.97. The van der Waals surface area contributed by atoms with E-state index in [0.29, 0.717) is 12.4 Å². The summed E-state index contributed by atoms with van der Waals surface area (Å²) in [7, 11) is 1.59. The monoisotopic (exact) mass is 260 g/mol. The molecular formula is C15H16O4. The molecule has 0 bridgehead atoms. The van der Waals surface area contributed by atoms with Gasteiger partial charge in [0.1, 0.15) is 17.9 Å². The molecule has 2 aromatic carbocycles. The van der Waals surface area contributed by atoms with Crippen molar-refractivity contribution in [3.05, 3.63) is 42.0 Å². The summed E-state index contributed by atoms with van der Waals surface area (Å²) in [6.07, 6.45) is -0.0967. The number of hydrogen-bond donors (Lipinski definition) is 1. The normalized spacial score (nSPS) is 12.3. The van der Waals surface area contributed by atoms with Crippen molar-refractivity contribution in [2.24, 2.45) is 0 Å². The Kier molecular flexibility index (Phi) is 4.02. The number of carboxylic acid groups (broad SMARTS) is 1. The highest BCUT2D eigenvalue weighted by Gasteiger charge is 2.15. The van der Waals surface area contributed by atoms with E-state index in [2.05, 4.69) is 0 Å². The lowest BCUT2D eigenvalue weighted by molar-refractivity contribution is 0.0650. The first-order valence-corrected chi connectivity index (χ1v) is 6.04. The van der Waals surface area contributed by atoms with Gasteiger partial charge < -0.3 is 14.6 Å². The van der Waals surface area contributed by atoms with Gasteiger partial charge in [0.25, 0.3) is 0 Å². The van der Waals surface area contributed by atoms with Crippen molar-refractivity contribution < 1.29 is 19.4 Å². The van der Waals surface area contributed by atoms with Crippen LogP contribution in [0.25, 0.3) is 10.8 Å². The van der Waals surface area contributed by atoms with Crippen LogP contribution in [0.4, 0.5) is 0 Å². The number of rotatable bonds is 5. The van der Waals surface area contributed by atoms with Gasteiger partial charge >= 0.3 is 5.97 Å². The highest BCUT2D eigenvalue weighted by Crippen LogP contribution is 2.30. The van der Waals surface area contributed by atoms with E-state index < -0.39 is 5.97 Å². The van der Waals surface area contributed by atoms with Gasteiger partial charge in [0, 0.05) is 12.5 Å². The summed E-state index contributed by atoms with van der Waals surface area (Å²) < 4.78 is 10.8. The van der Waals surface area contributed by atoms with E-state index in [4.69, 9.17) is 9.47 Å². The van der Waals surface area contributed by atoms with Gasteiger partial charge in [-0.15, -0.1) is 0 Å². The highest BCUT2D eigenvalue weighted by atomic mass is 16.5. The predicted molar refractivity (Wildman–Crippen MR) is 72.9 cm³/mol. The molecule has 0 fully saturated rings. The van der Waals surface area contributed by atoms with E-state index in [9.17, 15) is 9.90 Å². The number of methoxy groups -OCH3 is 1. The third kappa shape index (κ3) is 2.85. The second-order valence-corrected chi connectivity index (χ2v) is 4.33. The third-order valence-electron chi connectivity index (χ3n) is 2.97. The van der Waals surface area contributed by atoms with Crippen molar-refractivity contribution in [3.63, 3.8) is 0 Å². The summed E-state index contributed by atoms with van der Waals surface area (Å²) in [5, 5.41) is 11.0. The summed E-state index contributed by atoms with van der Waals surface area (Å²) in [5.74, 6) is -0.597. The van der Waals surface area contributed by atoms with Crippen LogP contribution in [0.3, 0.4) is 0 Å². The summed E-state index contributed by atoms with van der Waals surface area (Å²) in [6.45, 7) is 2.18. The smallest absolute Gasteiger partial charge is 0.339 e. The van der Waals surface area contributed by atoms with Gasteiger partial charge in [-0.3, -0.25) is 0 Å². The van der Waals surface area contributed by atoms with Crippen LogP contribution < -0.4 is 4.74 Å². The minimum absolute atomic E-state index is 0.0967. The molecule has 100 valence electrons. The molecule has 0 aliphatic heterocycles. The number of aromatic carboxylic acids is 1. The number of ether oxygens (including phenoxy) is 2. The molecule has 0 radical (unpaired) electrons. The van der Waals surface area contributed by atoms with Crippen molar-refractivity contribution in [2.75, 3.05) is 13.7 Å². The molecule has 1 unspecified atom stereocenters. The van der Waals surface area contributed by atoms with E-state index in [-0.39, 0.29) is 11.7 Å². The molecule has 1 N–H and O–H groups in total. The minimum atomic E-state index is -0.995. The summed E-state index contributed by atoms with van der Waals surface area (Å²) in [5.41, 5.74) is 0.169. The van der Waals surface area contributed by atoms with Gasteiger partial charge in [0.2, 0.25) is 0 Å². The number of carbonyl (C=O) groups is 1. The Bertz CT molecular complexity index is 592. The van der Waals surface area contributed by atoms with Gasteiger partial charge in [0.05, 0.1) is 6.10 Å². The van der Waals surface area contributed by atoms with Crippen molar-refractivity contribution in [2.45, 2.75) is 13.0 Å².